The van der Waals surface area contributed by atoms with Gasteiger partial charge in [0.1, 0.15) is 0 Å². The summed E-state index contributed by atoms with van der Waals surface area (Å²) in [5.41, 5.74) is 3.19. The lowest BCUT2D eigenvalue weighted by molar-refractivity contribution is -0.384. The summed E-state index contributed by atoms with van der Waals surface area (Å²) in [6.07, 6.45) is 7.03. The van der Waals surface area contributed by atoms with E-state index in [2.05, 4.69) is 15.4 Å². The Kier molecular flexibility index (Phi) is 5.79. The maximum Gasteiger partial charge on any atom is 0.270 e. The summed E-state index contributed by atoms with van der Waals surface area (Å²) in [4.78, 5) is 23.9. The van der Waals surface area contributed by atoms with Gasteiger partial charge in [0.25, 0.3) is 11.6 Å². The number of nitro groups is 1. The molecule has 0 unspecified atom stereocenters. The molecule has 1 aromatic rings. The molecular weight excluding hydrogens is 284 g/mol. The highest BCUT2D eigenvalue weighted by Gasteiger charge is 2.14. The lowest BCUT2D eigenvalue weighted by Crippen LogP contribution is -2.33. The van der Waals surface area contributed by atoms with Gasteiger partial charge in [-0.05, 0) is 37.6 Å². The highest BCUT2D eigenvalue weighted by atomic mass is 16.6. The second-order valence-corrected chi connectivity index (χ2v) is 5.01. The normalized spacial score (nSPS) is 15.6. The van der Waals surface area contributed by atoms with Crippen molar-refractivity contribution in [3.05, 3.63) is 46.0 Å². The number of hydrogen-bond acceptors (Lipinski definition) is 5. The topological polar surface area (TPSA) is 87.8 Å². The molecule has 1 aliphatic heterocycles. The molecule has 0 bridgehead atoms. The van der Waals surface area contributed by atoms with Crippen LogP contribution in [0.4, 0.5) is 5.69 Å². The van der Waals surface area contributed by atoms with Gasteiger partial charge in [0.15, 0.2) is 0 Å². The molecule has 7 nitrogen and oxygen atoms in total. The number of benzene rings is 1. The van der Waals surface area contributed by atoms with Crippen LogP contribution in [0.3, 0.4) is 0 Å². The van der Waals surface area contributed by atoms with E-state index >= 15 is 0 Å². The van der Waals surface area contributed by atoms with Gasteiger partial charge in [0, 0.05) is 18.3 Å². The first-order valence-corrected chi connectivity index (χ1v) is 7.10. The van der Waals surface area contributed by atoms with Gasteiger partial charge in [-0.25, -0.2) is 5.43 Å². The zero-order chi connectivity index (χ0) is 15.8. The molecule has 0 aliphatic carbocycles. The summed E-state index contributed by atoms with van der Waals surface area (Å²) < 4.78 is 0. The molecule has 1 N–H and O–H groups in total. The third kappa shape index (κ3) is 5.10. The van der Waals surface area contributed by atoms with E-state index < -0.39 is 4.92 Å². The Hall–Kier alpha value is -2.54. The van der Waals surface area contributed by atoms with Gasteiger partial charge in [0.2, 0.25) is 0 Å². The van der Waals surface area contributed by atoms with Crippen molar-refractivity contribution in [2.24, 2.45) is 5.10 Å². The van der Waals surface area contributed by atoms with Crippen LogP contribution in [0.2, 0.25) is 0 Å². The van der Waals surface area contributed by atoms with E-state index in [0.29, 0.717) is 12.1 Å². The number of carbonyl (C=O) groups is 1. The number of hydrogen-bond donors (Lipinski definition) is 1. The fourth-order valence-electron chi connectivity index (χ4n) is 2.23. The third-order valence-corrected chi connectivity index (χ3v) is 3.29. The molecule has 1 aliphatic rings. The molecule has 22 heavy (non-hydrogen) atoms. The minimum atomic E-state index is -0.440. The predicted octanol–water partition coefficient (Wildman–Crippen LogP) is 1.81. The average Bonchev–Trinajstić information content (AvgIpc) is 3.00. The van der Waals surface area contributed by atoms with Crippen molar-refractivity contribution in [2.45, 2.75) is 12.8 Å². The second kappa shape index (κ2) is 8.04. The summed E-state index contributed by atoms with van der Waals surface area (Å²) in [6, 6.07) is 6.27. The molecule has 0 radical (unpaired) electrons. The molecule has 116 valence electrons. The van der Waals surface area contributed by atoms with E-state index in [1.165, 1.54) is 18.3 Å². The zero-order valence-corrected chi connectivity index (χ0v) is 12.1. The van der Waals surface area contributed by atoms with E-state index in [4.69, 9.17) is 0 Å². The van der Waals surface area contributed by atoms with Crippen LogP contribution in [-0.2, 0) is 4.79 Å². The number of rotatable bonds is 6. The van der Waals surface area contributed by atoms with E-state index in [0.717, 1.165) is 25.9 Å². The van der Waals surface area contributed by atoms with Crippen molar-refractivity contribution < 1.29 is 9.72 Å². The molecule has 0 spiro atoms. The van der Waals surface area contributed by atoms with Crippen LogP contribution in [0.15, 0.2) is 35.4 Å². The smallest absolute Gasteiger partial charge is 0.270 e. The fourth-order valence-corrected chi connectivity index (χ4v) is 2.23. The first kappa shape index (κ1) is 15.8. The summed E-state index contributed by atoms with van der Waals surface area (Å²) in [7, 11) is 0. The number of hydrazone groups is 1. The van der Waals surface area contributed by atoms with Gasteiger partial charge in [-0.3, -0.25) is 19.8 Å². The molecule has 0 saturated carbocycles. The van der Waals surface area contributed by atoms with Gasteiger partial charge < -0.3 is 0 Å². The van der Waals surface area contributed by atoms with Crippen molar-refractivity contribution in [3.8, 4) is 0 Å². The van der Waals surface area contributed by atoms with Gasteiger partial charge >= 0.3 is 0 Å². The van der Waals surface area contributed by atoms with Crippen LogP contribution in [0.5, 0.6) is 0 Å². The first-order chi connectivity index (χ1) is 10.6. The van der Waals surface area contributed by atoms with Crippen molar-refractivity contribution in [1.29, 1.82) is 0 Å². The predicted molar refractivity (Wildman–Crippen MR) is 84.4 cm³/mol. The molecule has 2 rings (SSSR count). The monoisotopic (exact) mass is 302 g/mol. The molecule has 1 fully saturated rings. The Morgan fingerprint density at radius 3 is 2.91 bits per heavy atom. The van der Waals surface area contributed by atoms with Crippen LogP contribution in [0.1, 0.15) is 18.4 Å². The molecule has 1 aromatic carbocycles. The number of amides is 1. The molecule has 1 amide bonds. The molecule has 7 heteroatoms. The number of nitrogens with one attached hydrogen (secondary N) is 1. The Bertz CT molecular complexity index is 592. The standard InChI is InChI=1S/C15H18N4O3/c20-15(12-18-9-1-2-10-18)17-16-8-4-6-13-5-3-7-14(11-13)19(21)22/h3-8,11H,1-2,9-10,12H2,(H,17,20)/b6-4+,16-8-. The number of non-ortho nitro benzene ring substituents is 1. The van der Waals surface area contributed by atoms with Crippen molar-refractivity contribution in [1.82, 2.24) is 10.3 Å². The van der Waals surface area contributed by atoms with Crippen LogP contribution < -0.4 is 5.43 Å². The second-order valence-electron chi connectivity index (χ2n) is 5.01. The summed E-state index contributed by atoms with van der Waals surface area (Å²) in [5, 5.41) is 14.5. The van der Waals surface area contributed by atoms with Crippen LogP contribution in [0.25, 0.3) is 6.08 Å². The van der Waals surface area contributed by atoms with Crippen LogP contribution >= 0.6 is 0 Å². The third-order valence-electron chi connectivity index (χ3n) is 3.29. The fraction of sp³-hybridized carbons (Fsp3) is 0.333. The lowest BCUT2D eigenvalue weighted by Gasteiger charge is -2.11. The van der Waals surface area contributed by atoms with E-state index in [1.54, 1.807) is 24.3 Å². The average molecular weight is 302 g/mol. The highest BCUT2D eigenvalue weighted by molar-refractivity contribution is 5.82. The van der Waals surface area contributed by atoms with Crippen molar-refractivity contribution >= 4 is 23.9 Å². The van der Waals surface area contributed by atoms with Gasteiger partial charge in [0.05, 0.1) is 11.5 Å². The first-order valence-electron chi connectivity index (χ1n) is 7.10. The Balaban J connectivity index is 1.77. The van der Waals surface area contributed by atoms with Gasteiger partial charge in [-0.2, -0.15) is 5.10 Å². The summed E-state index contributed by atoms with van der Waals surface area (Å²) >= 11 is 0. The lowest BCUT2D eigenvalue weighted by atomic mass is 10.2. The maximum atomic E-state index is 11.6. The van der Waals surface area contributed by atoms with Crippen LogP contribution in [-0.4, -0.2) is 41.6 Å². The van der Waals surface area contributed by atoms with Crippen LogP contribution in [0, 0.1) is 10.1 Å². The summed E-state index contributed by atoms with van der Waals surface area (Å²) in [6.45, 7) is 2.29. The Labute approximate surface area is 128 Å². The number of carbonyl (C=O) groups excluding carboxylic acids is 1. The zero-order valence-electron chi connectivity index (χ0n) is 12.1. The number of likely N-dealkylation sites (tertiary alicyclic amines) is 1. The Morgan fingerprint density at radius 1 is 1.41 bits per heavy atom. The molecule has 0 aromatic heterocycles. The number of nitro benzene ring substituents is 1. The van der Waals surface area contributed by atoms with Gasteiger partial charge in [-0.15, -0.1) is 0 Å². The Morgan fingerprint density at radius 2 is 2.18 bits per heavy atom. The number of nitrogens with zero attached hydrogens (tertiary/aromatic N) is 3. The quantitative estimate of drug-likeness (QED) is 0.493. The molecule has 0 atom stereocenters. The van der Waals surface area contributed by atoms with E-state index in [-0.39, 0.29) is 11.6 Å². The van der Waals surface area contributed by atoms with E-state index in [9.17, 15) is 14.9 Å². The largest absolute Gasteiger partial charge is 0.294 e. The van der Waals surface area contributed by atoms with Crippen molar-refractivity contribution in [2.75, 3.05) is 19.6 Å². The van der Waals surface area contributed by atoms with Crippen molar-refractivity contribution in [3.63, 3.8) is 0 Å². The minimum absolute atomic E-state index is 0.0398. The molecule has 1 heterocycles. The summed E-state index contributed by atoms with van der Waals surface area (Å²) in [5.74, 6) is -0.137. The SMILES string of the molecule is O=C(CN1CCCC1)N/N=C\C=C\c1cccc([N+](=O)[O-])c1. The van der Waals surface area contributed by atoms with Gasteiger partial charge in [-0.1, -0.05) is 18.2 Å². The minimum Gasteiger partial charge on any atom is -0.294 e. The molecular formula is C15H18N4O3. The van der Waals surface area contributed by atoms with E-state index in [1.807, 2.05) is 0 Å². The maximum absolute atomic E-state index is 11.6. The molecule has 1 saturated heterocycles. The number of allylic oxidation sites excluding steroid dienone is 1. The highest BCUT2D eigenvalue weighted by Crippen LogP contribution is 2.13.